The van der Waals surface area contributed by atoms with Crippen LogP contribution < -0.4 is 21.7 Å². The topological polar surface area (TPSA) is 125 Å². The number of halogens is 1. The Morgan fingerprint density at radius 1 is 1.23 bits per heavy atom. The van der Waals surface area contributed by atoms with Crippen molar-refractivity contribution in [2.75, 3.05) is 0 Å². The maximum absolute atomic E-state index is 12.2. The number of ether oxygens (including phenoxy) is 1. The van der Waals surface area contributed by atoms with Crippen molar-refractivity contribution in [2.45, 2.75) is 5.92 Å². The van der Waals surface area contributed by atoms with Gasteiger partial charge in [-0.15, -0.1) is 0 Å². The molecule has 110 valence electrons. The Morgan fingerprint density at radius 2 is 1.91 bits per heavy atom. The Morgan fingerprint density at radius 3 is 2.55 bits per heavy atom. The van der Waals surface area contributed by atoms with E-state index in [0.717, 1.165) is 4.47 Å². The zero-order valence-electron chi connectivity index (χ0n) is 11.0. The maximum atomic E-state index is 12.2. The molecule has 0 saturated carbocycles. The second-order valence-electron chi connectivity index (χ2n) is 4.63. The Kier molecular flexibility index (Phi) is 3.35. The van der Waals surface area contributed by atoms with Crippen LogP contribution in [0.1, 0.15) is 17.0 Å². The third-order valence-electron chi connectivity index (χ3n) is 3.32. The smallest absolute Gasteiger partial charge is 0.328 e. The van der Waals surface area contributed by atoms with Crippen molar-refractivity contribution in [3.63, 3.8) is 0 Å². The molecule has 22 heavy (non-hydrogen) atoms. The van der Waals surface area contributed by atoms with E-state index in [4.69, 9.17) is 10.5 Å². The standard InChI is InChI=1S/C14H9BrN4O3/c15-7-3-1-6(2-4-7)9-8(5-16)11(17)22-13-10(9)12(20)18-14(21)19-13/h1-4,9H,17H2,(H2,18,19,20,21)/t9-/m1/s1. The number of fused-ring (bicyclic) bond motifs is 1. The summed E-state index contributed by atoms with van der Waals surface area (Å²) >= 11 is 3.33. The summed E-state index contributed by atoms with van der Waals surface area (Å²) in [5.74, 6) is -0.884. The van der Waals surface area contributed by atoms with Gasteiger partial charge in [-0.25, -0.2) is 4.79 Å². The first-order valence-corrected chi connectivity index (χ1v) is 7.00. The van der Waals surface area contributed by atoms with Crippen LogP contribution in [0.3, 0.4) is 0 Å². The maximum Gasteiger partial charge on any atom is 0.328 e. The van der Waals surface area contributed by atoms with Crippen molar-refractivity contribution in [2.24, 2.45) is 5.73 Å². The molecule has 0 radical (unpaired) electrons. The van der Waals surface area contributed by atoms with Crippen molar-refractivity contribution in [3.05, 3.63) is 72.2 Å². The van der Waals surface area contributed by atoms with Gasteiger partial charge in [-0.1, -0.05) is 28.1 Å². The fraction of sp³-hybridized carbons (Fsp3) is 0.0714. The third-order valence-corrected chi connectivity index (χ3v) is 3.85. The van der Waals surface area contributed by atoms with E-state index in [-0.39, 0.29) is 22.9 Å². The number of nitrogens with zero attached hydrogens (tertiary/aromatic N) is 1. The number of nitrogens with one attached hydrogen (secondary N) is 2. The van der Waals surface area contributed by atoms with Crippen molar-refractivity contribution < 1.29 is 4.74 Å². The summed E-state index contributed by atoms with van der Waals surface area (Å²) in [4.78, 5) is 28.1. The van der Waals surface area contributed by atoms with E-state index in [0.29, 0.717) is 5.56 Å². The summed E-state index contributed by atoms with van der Waals surface area (Å²) in [7, 11) is 0. The Bertz CT molecular complexity index is 934. The fourth-order valence-corrected chi connectivity index (χ4v) is 2.64. The fourth-order valence-electron chi connectivity index (χ4n) is 2.38. The summed E-state index contributed by atoms with van der Waals surface area (Å²) in [6.07, 6.45) is 0. The number of nitrogens with two attached hydrogens (primary N) is 1. The van der Waals surface area contributed by atoms with Gasteiger partial charge in [0.25, 0.3) is 5.56 Å². The number of rotatable bonds is 1. The van der Waals surface area contributed by atoms with Gasteiger partial charge in [-0.2, -0.15) is 5.26 Å². The molecule has 0 amide bonds. The lowest BCUT2D eigenvalue weighted by Crippen LogP contribution is -2.33. The van der Waals surface area contributed by atoms with Crippen molar-refractivity contribution in [1.29, 1.82) is 5.26 Å². The molecular weight excluding hydrogens is 352 g/mol. The quantitative estimate of drug-likeness (QED) is 0.700. The normalized spacial score (nSPS) is 16.6. The predicted molar refractivity (Wildman–Crippen MR) is 81.1 cm³/mol. The van der Waals surface area contributed by atoms with Crippen LogP contribution in [0, 0.1) is 11.3 Å². The molecule has 2 aromatic rings. The van der Waals surface area contributed by atoms with Gasteiger partial charge in [0.05, 0.1) is 11.5 Å². The van der Waals surface area contributed by atoms with Crippen LogP contribution in [0.2, 0.25) is 0 Å². The molecular formula is C14H9BrN4O3. The van der Waals surface area contributed by atoms with Gasteiger partial charge in [-0.3, -0.25) is 14.8 Å². The van der Waals surface area contributed by atoms with Crippen LogP contribution in [0.5, 0.6) is 5.88 Å². The number of allylic oxidation sites excluding steroid dienone is 1. The number of nitriles is 1. The Hall–Kier alpha value is -2.79. The number of aromatic amines is 2. The SMILES string of the molecule is N#CC1=C(N)Oc2[nH]c(=O)[nH]c(=O)c2[C@@H]1c1ccc(Br)cc1. The second kappa shape index (κ2) is 5.20. The number of benzene rings is 1. The minimum Gasteiger partial charge on any atom is -0.424 e. The largest absolute Gasteiger partial charge is 0.424 e. The van der Waals surface area contributed by atoms with E-state index in [1.165, 1.54) is 0 Å². The lowest BCUT2D eigenvalue weighted by Gasteiger charge is -2.24. The summed E-state index contributed by atoms with van der Waals surface area (Å²) in [5, 5.41) is 9.36. The van der Waals surface area contributed by atoms with Gasteiger partial charge in [0.15, 0.2) is 0 Å². The molecule has 0 fully saturated rings. The number of H-pyrrole nitrogens is 2. The monoisotopic (exact) mass is 360 g/mol. The first kappa shape index (κ1) is 14.2. The molecule has 4 N–H and O–H groups in total. The molecule has 3 rings (SSSR count). The summed E-state index contributed by atoms with van der Waals surface area (Å²) in [5.41, 5.74) is 5.38. The summed E-state index contributed by atoms with van der Waals surface area (Å²) in [6.45, 7) is 0. The van der Waals surface area contributed by atoms with Crippen LogP contribution in [-0.4, -0.2) is 9.97 Å². The zero-order valence-corrected chi connectivity index (χ0v) is 12.6. The average Bonchev–Trinajstić information content (AvgIpc) is 2.46. The van der Waals surface area contributed by atoms with Crippen molar-refractivity contribution in [3.8, 4) is 11.9 Å². The summed E-state index contributed by atoms with van der Waals surface area (Å²) < 4.78 is 6.08. The van der Waals surface area contributed by atoms with Gasteiger partial charge in [0.2, 0.25) is 11.8 Å². The van der Waals surface area contributed by atoms with Crippen LogP contribution in [0.4, 0.5) is 0 Å². The molecule has 0 bridgehead atoms. The minimum atomic E-state index is -0.706. The lowest BCUT2D eigenvalue weighted by atomic mass is 9.85. The first-order chi connectivity index (χ1) is 10.5. The first-order valence-electron chi connectivity index (χ1n) is 6.21. The molecule has 0 spiro atoms. The number of hydrogen-bond donors (Lipinski definition) is 3. The highest BCUT2D eigenvalue weighted by Gasteiger charge is 2.33. The number of hydrogen-bond acceptors (Lipinski definition) is 5. The van der Waals surface area contributed by atoms with E-state index in [2.05, 4.69) is 25.9 Å². The third kappa shape index (κ3) is 2.21. The molecule has 1 atom stereocenters. The second-order valence-corrected chi connectivity index (χ2v) is 5.54. The van der Waals surface area contributed by atoms with E-state index in [1.54, 1.807) is 24.3 Å². The van der Waals surface area contributed by atoms with Crippen molar-refractivity contribution >= 4 is 15.9 Å². The van der Waals surface area contributed by atoms with Gasteiger partial charge < -0.3 is 10.5 Å². The molecule has 8 heteroatoms. The van der Waals surface area contributed by atoms with Crippen LogP contribution in [-0.2, 0) is 0 Å². The van der Waals surface area contributed by atoms with E-state index in [1.807, 2.05) is 6.07 Å². The van der Waals surface area contributed by atoms with Gasteiger partial charge >= 0.3 is 5.69 Å². The van der Waals surface area contributed by atoms with Crippen LogP contribution in [0.15, 0.2) is 49.8 Å². The minimum absolute atomic E-state index is 0.0434. The lowest BCUT2D eigenvalue weighted by molar-refractivity contribution is 0.373. The van der Waals surface area contributed by atoms with Gasteiger partial charge in [-0.05, 0) is 17.7 Å². The molecule has 7 nitrogen and oxygen atoms in total. The van der Waals surface area contributed by atoms with Gasteiger partial charge in [0, 0.05) is 4.47 Å². The molecule has 0 aliphatic carbocycles. The highest BCUT2D eigenvalue weighted by Crippen LogP contribution is 2.38. The molecule has 0 saturated heterocycles. The van der Waals surface area contributed by atoms with Gasteiger partial charge in [0.1, 0.15) is 11.6 Å². The predicted octanol–water partition coefficient (Wildman–Crippen LogP) is 1.04. The number of aromatic nitrogens is 2. The highest BCUT2D eigenvalue weighted by molar-refractivity contribution is 9.10. The van der Waals surface area contributed by atoms with E-state index >= 15 is 0 Å². The summed E-state index contributed by atoms with van der Waals surface area (Å²) in [6, 6.07) is 9.07. The van der Waals surface area contributed by atoms with E-state index < -0.39 is 17.2 Å². The molecule has 2 heterocycles. The molecule has 0 unspecified atom stereocenters. The highest BCUT2D eigenvalue weighted by atomic mass is 79.9. The van der Waals surface area contributed by atoms with Crippen molar-refractivity contribution in [1.82, 2.24) is 9.97 Å². The Balaban J connectivity index is 2.32. The molecule has 1 aliphatic rings. The zero-order chi connectivity index (χ0) is 15.9. The Labute approximate surface area is 132 Å². The van der Waals surface area contributed by atoms with E-state index in [9.17, 15) is 14.9 Å². The van der Waals surface area contributed by atoms with Crippen LogP contribution in [0.25, 0.3) is 0 Å². The average molecular weight is 361 g/mol. The molecule has 1 aliphatic heterocycles. The molecule has 1 aromatic carbocycles. The van der Waals surface area contributed by atoms with Crippen LogP contribution >= 0.6 is 15.9 Å². The molecule has 1 aromatic heterocycles.